The molecule has 0 bridgehead atoms. The molecule has 0 saturated carbocycles. The van der Waals surface area contributed by atoms with Gasteiger partial charge >= 0.3 is 7.12 Å². The van der Waals surface area contributed by atoms with Crippen LogP contribution in [-0.2, 0) is 13.1 Å². The molecular weight excluding hydrogens is 291 g/mol. The fourth-order valence-electron chi connectivity index (χ4n) is 2.17. The second kappa shape index (κ2) is 7.05. The molecule has 0 aliphatic carbocycles. The lowest BCUT2D eigenvalue weighted by atomic mass is 9.79. The van der Waals surface area contributed by atoms with E-state index in [1.807, 2.05) is 36.2 Å². The van der Waals surface area contributed by atoms with Gasteiger partial charge in [0, 0.05) is 23.6 Å². The van der Waals surface area contributed by atoms with Crippen molar-refractivity contribution in [1.82, 2.24) is 4.90 Å². The third-order valence-corrected chi connectivity index (χ3v) is 3.56. The maximum absolute atomic E-state index is 13.4. The van der Waals surface area contributed by atoms with Gasteiger partial charge in [-0.1, -0.05) is 41.9 Å². The van der Waals surface area contributed by atoms with Crippen LogP contribution < -0.4 is 5.46 Å². The van der Waals surface area contributed by atoms with E-state index in [1.54, 1.807) is 6.07 Å². The van der Waals surface area contributed by atoms with Crippen LogP contribution in [0.3, 0.4) is 0 Å². The van der Waals surface area contributed by atoms with Gasteiger partial charge in [-0.25, -0.2) is 4.39 Å². The van der Waals surface area contributed by atoms with E-state index >= 15 is 0 Å². The molecule has 0 radical (unpaired) electrons. The highest BCUT2D eigenvalue weighted by Gasteiger charge is 2.17. The quantitative estimate of drug-likeness (QED) is 0.828. The first-order valence-electron chi connectivity index (χ1n) is 6.54. The van der Waals surface area contributed by atoms with Gasteiger partial charge in [0.05, 0.1) is 0 Å². The normalized spacial score (nSPS) is 11.0. The van der Waals surface area contributed by atoms with E-state index in [-0.39, 0.29) is 5.46 Å². The molecule has 6 heteroatoms. The maximum atomic E-state index is 13.4. The standard InChI is InChI=1S/C15H16BClFNO2/c1-19(10-12-4-2-3-5-14(12)17)9-11-6-7-15(18)13(8-11)16(20)21/h2-8,20-21H,9-10H2,1H3. The first-order valence-corrected chi connectivity index (χ1v) is 6.91. The second-order valence-corrected chi connectivity index (χ2v) is 5.40. The van der Waals surface area contributed by atoms with Crippen molar-refractivity contribution in [3.05, 3.63) is 64.4 Å². The lowest BCUT2D eigenvalue weighted by molar-refractivity contribution is 0.319. The molecule has 0 saturated heterocycles. The number of benzene rings is 2. The molecule has 0 atom stereocenters. The van der Waals surface area contributed by atoms with Crippen LogP contribution in [0.4, 0.5) is 4.39 Å². The van der Waals surface area contributed by atoms with Gasteiger partial charge in [0.1, 0.15) is 5.82 Å². The van der Waals surface area contributed by atoms with Gasteiger partial charge in [-0.05, 0) is 30.3 Å². The van der Waals surface area contributed by atoms with Gasteiger partial charge in [-0.15, -0.1) is 0 Å². The lowest BCUT2D eigenvalue weighted by Crippen LogP contribution is -2.33. The van der Waals surface area contributed by atoms with Crippen LogP contribution >= 0.6 is 11.6 Å². The minimum absolute atomic E-state index is 0.112. The Balaban J connectivity index is 2.08. The Bertz CT molecular complexity index is 624. The SMILES string of the molecule is CN(Cc1ccc(F)c(B(O)O)c1)Cc1ccccc1Cl. The molecule has 0 heterocycles. The van der Waals surface area contributed by atoms with Crippen LogP contribution in [0.25, 0.3) is 0 Å². The van der Waals surface area contributed by atoms with Crippen molar-refractivity contribution >= 4 is 24.2 Å². The van der Waals surface area contributed by atoms with Crippen LogP contribution in [0.5, 0.6) is 0 Å². The molecule has 0 spiro atoms. The van der Waals surface area contributed by atoms with E-state index in [2.05, 4.69) is 0 Å². The molecule has 0 aliphatic heterocycles. The molecule has 21 heavy (non-hydrogen) atoms. The molecule has 2 aromatic carbocycles. The van der Waals surface area contributed by atoms with Crippen LogP contribution in [0, 0.1) is 5.82 Å². The molecule has 2 N–H and O–H groups in total. The second-order valence-electron chi connectivity index (χ2n) is 4.99. The van der Waals surface area contributed by atoms with Crippen LogP contribution in [0.1, 0.15) is 11.1 Å². The Morgan fingerprint density at radius 1 is 1.14 bits per heavy atom. The van der Waals surface area contributed by atoms with Crippen molar-refractivity contribution in [2.24, 2.45) is 0 Å². The molecule has 0 aromatic heterocycles. The van der Waals surface area contributed by atoms with Gasteiger partial charge in [0.25, 0.3) is 0 Å². The van der Waals surface area contributed by atoms with E-state index in [1.165, 1.54) is 12.1 Å². The molecule has 2 aromatic rings. The molecule has 110 valence electrons. The van der Waals surface area contributed by atoms with Gasteiger partial charge in [0.2, 0.25) is 0 Å². The summed E-state index contributed by atoms with van der Waals surface area (Å²) in [6.07, 6.45) is 0. The zero-order valence-corrected chi connectivity index (χ0v) is 12.4. The molecule has 0 aliphatic rings. The first-order chi connectivity index (χ1) is 9.97. The number of rotatable bonds is 5. The molecule has 0 fully saturated rings. The minimum atomic E-state index is -1.81. The Morgan fingerprint density at radius 2 is 1.86 bits per heavy atom. The predicted molar refractivity (Wildman–Crippen MR) is 82.8 cm³/mol. The summed E-state index contributed by atoms with van der Waals surface area (Å²) < 4.78 is 13.4. The van der Waals surface area contributed by atoms with E-state index in [0.717, 1.165) is 11.1 Å². The zero-order valence-electron chi connectivity index (χ0n) is 11.6. The van der Waals surface area contributed by atoms with E-state index in [4.69, 9.17) is 21.6 Å². The lowest BCUT2D eigenvalue weighted by Gasteiger charge is -2.18. The molecular formula is C15H16BClFNO2. The summed E-state index contributed by atoms with van der Waals surface area (Å²) in [7, 11) is 0.112. The molecule has 0 amide bonds. The Morgan fingerprint density at radius 3 is 2.52 bits per heavy atom. The highest BCUT2D eigenvalue weighted by Crippen LogP contribution is 2.17. The largest absolute Gasteiger partial charge is 0.491 e. The molecule has 2 rings (SSSR count). The summed E-state index contributed by atoms with van der Waals surface area (Å²) in [6, 6.07) is 11.9. The summed E-state index contributed by atoms with van der Waals surface area (Å²) in [5, 5.41) is 18.9. The zero-order chi connectivity index (χ0) is 15.4. The summed E-state index contributed by atoms with van der Waals surface area (Å²) >= 11 is 6.12. The van der Waals surface area contributed by atoms with Gasteiger partial charge in [0.15, 0.2) is 0 Å². The van der Waals surface area contributed by atoms with E-state index < -0.39 is 12.9 Å². The van der Waals surface area contributed by atoms with Gasteiger partial charge < -0.3 is 10.0 Å². The number of nitrogens with zero attached hydrogens (tertiary/aromatic N) is 1. The number of hydrogen-bond acceptors (Lipinski definition) is 3. The Labute approximate surface area is 128 Å². The minimum Gasteiger partial charge on any atom is -0.423 e. The average molecular weight is 308 g/mol. The van der Waals surface area contributed by atoms with E-state index in [0.29, 0.717) is 18.1 Å². The fourth-order valence-corrected chi connectivity index (χ4v) is 2.37. The van der Waals surface area contributed by atoms with Crippen LogP contribution in [0.2, 0.25) is 5.02 Å². The Kier molecular flexibility index (Phi) is 5.36. The highest BCUT2D eigenvalue weighted by molar-refractivity contribution is 6.58. The first kappa shape index (κ1) is 16.0. The predicted octanol–water partition coefficient (Wildman–Crippen LogP) is 1.79. The van der Waals surface area contributed by atoms with Crippen LogP contribution in [-0.4, -0.2) is 29.1 Å². The van der Waals surface area contributed by atoms with Crippen LogP contribution in [0.15, 0.2) is 42.5 Å². The van der Waals surface area contributed by atoms with Gasteiger partial charge in [-0.2, -0.15) is 0 Å². The van der Waals surface area contributed by atoms with Crippen molar-refractivity contribution in [1.29, 1.82) is 0 Å². The van der Waals surface area contributed by atoms with E-state index in [9.17, 15) is 4.39 Å². The van der Waals surface area contributed by atoms with Crippen molar-refractivity contribution < 1.29 is 14.4 Å². The summed E-state index contributed by atoms with van der Waals surface area (Å²) in [6.45, 7) is 1.19. The van der Waals surface area contributed by atoms with Crippen molar-refractivity contribution in [2.75, 3.05) is 7.05 Å². The molecule has 0 unspecified atom stereocenters. The third kappa shape index (κ3) is 4.28. The van der Waals surface area contributed by atoms with Crippen molar-refractivity contribution in [3.63, 3.8) is 0 Å². The summed E-state index contributed by atoms with van der Waals surface area (Å²) in [4.78, 5) is 2.02. The highest BCUT2D eigenvalue weighted by atomic mass is 35.5. The summed E-state index contributed by atoms with van der Waals surface area (Å²) in [5.41, 5.74) is 1.69. The van der Waals surface area contributed by atoms with Crippen molar-refractivity contribution in [3.8, 4) is 0 Å². The topological polar surface area (TPSA) is 43.7 Å². The number of hydrogen-bond donors (Lipinski definition) is 2. The van der Waals surface area contributed by atoms with Crippen molar-refractivity contribution in [2.45, 2.75) is 13.1 Å². The van der Waals surface area contributed by atoms with Gasteiger partial charge in [-0.3, -0.25) is 4.90 Å². The maximum Gasteiger partial charge on any atom is 0.491 e. The third-order valence-electron chi connectivity index (χ3n) is 3.19. The molecule has 3 nitrogen and oxygen atoms in total. The monoisotopic (exact) mass is 307 g/mol. The summed E-state index contributed by atoms with van der Waals surface area (Å²) in [5.74, 6) is -0.623. The Hall–Kier alpha value is -1.40. The fraction of sp³-hybridized carbons (Fsp3) is 0.200. The average Bonchev–Trinajstić information content (AvgIpc) is 2.43. The smallest absolute Gasteiger partial charge is 0.423 e. The number of halogens is 2.